The molecule has 7 nitrogen and oxygen atoms in total. The molecule has 9 heteroatoms. The Bertz CT molecular complexity index is 398. The minimum atomic E-state index is -3.46. The van der Waals surface area contributed by atoms with Crippen LogP contribution >= 0.6 is 11.3 Å². The zero-order valence-corrected chi connectivity index (χ0v) is 9.22. The van der Waals surface area contributed by atoms with Crippen LogP contribution in [0.2, 0.25) is 0 Å². The molecule has 0 saturated carbocycles. The number of aliphatic hydroxyl groups is 3. The molecule has 1 rings (SSSR count). The fourth-order valence-electron chi connectivity index (χ4n) is 0.778. The number of thiazole rings is 1. The maximum Gasteiger partial charge on any atom is 0.174 e. The first-order valence-electron chi connectivity index (χ1n) is 3.84. The number of aromatic nitrogens is 1. The number of hydrogen-bond donors (Lipinski definition) is 5. The van der Waals surface area contributed by atoms with Crippen LogP contribution in [0.4, 0.5) is 0 Å². The lowest BCUT2D eigenvalue weighted by atomic mass is 10.3. The van der Waals surface area contributed by atoms with Crippen LogP contribution in [0.1, 0.15) is 0 Å². The van der Waals surface area contributed by atoms with E-state index in [1.807, 2.05) is 4.72 Å². The number of rotatable bonds is 5. The van der Waals surface area contributed by atoms with Crippen LogP contribution in [0.5, 0.6) is 0 Å². The molecule has 1 aromatic heterocycles. The van der Waals surface area contributed by atoms with Crippen LogP contribution in [0.3, 0.4) is 0 Å². The van der Waals surface area contributed by atoms with Gasteiger partial charge in [0.25, 0.3) is 0 Å². The summed E-state index contributed by atoms with van der Waals surface area (Å²) < 4.78 is 21.3. The van der Waals surface area contributed by atoms with Crippen LogP contribution in [-0.4, -0.2) is 43.5 Å². The molecule has 0 aliphatic heterocycles. The van der Waals surface area contributed by atoms with Gasteiger partial charge in [-0.15, -0.1) is 11.3 Å². The number of hydrogen-bond acceptors (Lipinski definition) is 7. The lowest BCUT2D eigenvalue weighted by Gasteiger charge is -2.25. The summed E-state index contributed by atoms with van der Waals surface area (Å²) in [6, 6.07) is 0. The minimum absolute atomic E-state index is 0.114. The average molecular weight is 253 g/mol. The average Bonchev–Trinajstić information content (AvgIpc) is 2.70. The first-order valence-corrected chi connectivity index (χ1v) is 6.27. The molecule has 1 atom stereocenters. The Morgan fingerprint density at radius 3 is 2.60 bits per heavy atom. The predicted octanol–water partition coefficient (Wildman–Crippen LogP) is -1.27. The predicted molar refractivity (Wildman–Crippen MR) is 53.5 cm³/mol. The molecule has 5 N–H and O–H groups in total. The highest BCUT2D eigenvalue weighted by Gasteiger charge is 2.30. The SMILES string of the molecule is N=S(=O)(NC(O)(CO)CO)c1cncs1. The van der Waals surface area contributed by atoms with E-state index in [0.29, 0.717) is 0 Å². The van der Waals surface area contributed by atoms with Crippen molar-refractivity contribution >= 4 is 21.3 Å². The molecule has 0 amide bonds. The highest BCUT2D eigenvalue weighted by atomic mass is 32.2. The van der Waals surface area contributed by atoms with E-state index in [-0.39, 0.29) is 4.21 Å². The molecule has 0 radical (unpaired) electrons. The van der Waals surface area contributed by atoms with Crippen LogP contribution in [-0.2, 0) is 9.92 Å². The Morgan fingerprint density at radius 1 is 1.60 bits per heavy atom. The maximum atomic E-state index is 11.7. The van der Waals surface area contributed by atoms with Crippen LogP contribution in [0.25, 0.3) is 0 Å². The summed E-state index contributed by atoms with van der Waals surface area (Å²) in [5, 5.41) is 26.9. The van der Waals surface area contributed by atoms with Crippen molar-refractivity contribution in [3.8, 4) is 0 Å². The summed E-state index contributed by atoms with van der Waals surface area (Å²) in [4.78, 5) is 3.64. The quantitative estimate of drug-likeness (QED) is 0.418. The van der Waals surface area contributed by atoms with Crippen LogP contribution in [0, 0.1) is 4.78 Å². The molecule has 0 bridgehead atoms. The fourth-order valence-corrected chi connectivity index (χ4v) is 2.90. The third kappa shape index (κ3) is 2.93. The first kappa shape index (κ1) is 12.5. The lowest BCUT2D eigenvalue weighted by Crippen LogP contribution is -2.53. The van der Waals surface area contributed by atoms with E-state index in [4.69, 9.17) is 15.0 Å². The van der Waals surface area contributed by atoms with E-state index in [9.17, 15) is 9.32 Å². The summed E-state index contributed by atoms with van der Waals surface area (Å²) >= 11 is 0.981. The smallest absolute Gasteiger partial charge is 0.174 e. The van der Waals surface area contributed by atoms with Crippen molar-refractivity contribution in [2.75, 3.05) is 13.2 Å². The lowest BCUT2D eigenvalue weighted by molar-refractivity contribution is -0.0623. The standard InChI is InChI=1S/C6H11N3O4S2/c7-15(13,5-1-8-4-14-5)9-6(12,2-10)3-11/h1,4,10-12H,2-3H2,(H2,7,9,13). The van der Waals surface area contributed by atoms with Crippen molar-refractivity contribution in [2.24, 2.45) is 0 Å². The van der Waals surface area contributed by atoms with Gasteiger partial charge in [0, 0.05) is 0 Å². The van der Waals surface area contributed by atoms with Gasteiger partial charge >= 0.3 is 0 Å². The van der Waals surface area contributed by atoms with Gasteiger partial charge in [0.2, 0.25) is 0 Å². The molecule has 0 saturated heterocycles. The molecule has 1 aromatic rings. The molecule has 0 fully saturated rings. The van der Waals surface area contributed by atoms with Gasteiger partial charge in [0.15, 0.2) is 5.72 Å². The monoisotopic (exact) mass is 253 g/mol. The molecule has 0 spiro atoms. The van der Waals surface area contributed by atoms with E-state index in [0.717, 1.165) is 11.3 Å². The molecular formula is C6H11N3O4S2. The highest BCUT2D eigenvalue weighted by Crippen LogP contribution is 2.16. The van der Waals surface area contributed by atoms with Gasteiger partial charge in [0.1, 0.15) is 14.1 Å². The van der Waals surface area contributed by atoms with Crippen molar-refractivity contribution in [2.45, 2.75) is 9.93 Å². The summed E-state index contributed by atoms with van der Waals surface area (Å²) in [6.07, 6.45) is 1.22. The first-order chi connectivity index (χ1) is 6.93. The van der Waals surface area contributed by atoms with E-state index < -0.39 is 28.9 Å². The Kier molecular flexibility index (Phi) is 3.76. The van der Waals surface area contributed by atoms with Crippen molar-refractivity contribution < 1.29 is 19.5 Å². The second kappa shape index (κ2) is 4.51. The summed E-state index contributed by atoms with van der Waals surface area (Å²) in [5.74, 6) is 0. The van der Waals surface area contributed by atoms with Crippen molar-refractivity contribution in [1.29, 1.82) is 4.78 Å². The van der Waals surface area contributed by atoms with Gasteiger partial charge < -0.3 is 15.3 Å². The molecule has 86 valence electrons. The van der Waals surface area contributed by atoms with Crippen LogP contribution in [0.15, 0.2) is 15.9 Å². The fraction of sp³-hybridized carbons (Fsp3) is 0.500. The third-order valence-electron chi connectivity index (χ3n) is 1.55. The Hall–Kier alpha value is -0.580. The summed E-state index contributed by atoms with van der Waals surface area (Å²) in [5.41, 5.74) is -0.745. The van der Waals surface area contributed by atoms with Gasteiger partial charge in [-0.2, -0.15) is 4.72 Å². The van der Waals surface area contributed by atoms with E-state index in [1.54, 1.807) is 0 Å². The minimum Gasteiger partial charge on any atom is -0.392 e. The molecule has 15 heavy (non-hydrogen) atoms. The van der Waals surface area contributed by atoms with Gasteiger partial charge in [-0.05, 0) is 0 Å². The molecule has 0 aromatic carbocycles. The normalized spacial score (nSPS) is 16.2. The number of nitrogens with zero attached hydrogens (tertiary/aromatic N) is 1. The molecule has 0 aliphatic carbocycles. The molecule has 1 heterocycles. The van der Waals surface area contributed by atoms with Crippen LogP contribution < -0.4 is 4.72 Å². The highest BCUT2D eigenvalue weighted by molar-refractivity contribution is 7.92. The molecular weight excluding hydrogens is 242 g/mol. The van der Waals surface area contributed by atoms with Crippen molar-refractivity contribution in [1.82, 2.24) is 9.71 Å². The second-order valence-corrected chi connectivity index (χ2v) is 5.73. The zero-order chi connectivity index (χ0) is 11.5. The molecule has 0 aliphatic rings. The topological polar surface area (TPSA) is 127 Å². The third-order valence-corrected chi connectivity index (χ3v) is 4.45. The Balaban J connectivity index is 2.91. The van der Waals surface area contributed by atoms with E-state index in [1.165, 1.54) is 11.7 Å². The Morgan fingerprint density at radius 2 is 2.20 bits per heavy atom. The van der Waals surface area contributed by atoms with Gasteiger partial charge in [-0.1, -0.05) is 0 Å². The van der Waals surface area contributed by atoms with E-state index >= 15 is 0 Å². The second-order valence-electron chi connectivity index (χ2n) is 2.83. The summed E-state index contributed by atoms with van der Waals surface area (Å²) in [6.45, 7) is -1.70. The number of nitrogens with one attached hydrogen (secondary N) is 2. The molecule has 1 unspecified atom stereocenters. The van der Waals surface area contributed by atoms with Gasteiger partial charge in [-0.3, -0.25) is 4.98 Å². The van der Waals surface area contributed by atoms with Crippen molar-refractivity contribution in [3.05, 3.63) is 11.7 Å². The van der Waals surface area contributed by atoms with Crippen molar-refractivity contribution in [3.63, 3.8) is 0 Å². The van der Waals surface area contributed by atoms with E-state index in [2.05, 4.69) is 4.98 Å². The van der Waals surface area contributed by atoms with Gasteiger partial charge in [-0.25, -0.2) is 8.99 Å². The largest absolute Gasteiger partial charge is 0.392 e. The zero-order valence-electron chi connectivity index (χ0n) is 7.58. The Labute approximate surface area is 90.5 Å². The summed E-state index contributed by atoms with van der Waals surface area (Å²) in [7, 11) is -3.46. The number of aliphatic hydroxyl groups excluding tert-OH is 2. The van der Waals surface area contributed by atoms with Gasteiger partial charge in [0.05, 0.1) is 24.9 Å². The maximum absolute atomic E-state index is 11.7.